The molecule has 1 aliphatic carbocycles. The van der Waals surface area contributed by atoms with E-state index in [1.165, 1.54) is 0 Å². The lowest BCUT2D eigenvalue weighted by Gasteiger charge is -2.39. The molecule has 4 aromatic rings. The molecular formula is C25H15ClO. The van der Waals surface area contributed by atoms with Gasteiger partial charge in [0.2, 0.25) is 0 Å². The summed E-state index contributed by atoms with van der Waals surface area (Å²) in [4.78, 5) is 0. The standard InChI is InChI=1S/C25H15ClO/c26-16-13-14-24-22(15-16)25(21-11-5-6-12-23(21)27-24)19-9-3-1-7-17(19)18-8-2-4-10-20(18)25/h1-15H/i1D,2D,3D,4D,5D,6D,7D,8D,9D,10D,11D,12D,13D,14D,15D. The Morgan fingerprint density at radius 2 is 1.19 bits per heavy atom. The average molecular weight is 382 g/mol. The van der Waals surface area contributed by atoms with Crippen molar-refractivity contribution in [2.45, 2.75) is 5.41 Å². The van der Waals surface area contributed by atoms with Gasteiger partial charge in [-0.25, -0.2) is 0 Å². The van der Waals surface area contributed by atoms with Crippen LogP contribution in [0.15, 0.2) is 90.6 Å². The maximum Gasteiger partial charge on any atom is 0.132 e. The van der Waals surface area contributed by atoms with Crippen molar-refractivity contribution in [2.75, 3.05) is 0 Å². The molecule has 1 heterocycles. The van der Waals surface area contributed by atoms with Crippen LogP contribution in [0.25, 0.3) is 11.1 Å². The molecule has 4 aromatic carbocycles. The number of benzene rings is 4. The van der Waals surface area contributed by atoms with Crippen LogP contribution in [0.4, 0.5) is 0 Å². The molecule has 0 amide bonds. The van der Waals surface area contributed by atoms with Crippen molar-refractivity contribution < 1.29 is 25.3 Å². The molecule has 0 N–H and O–H groups in total. The Bertz CT molecular complexity index is 1850. The number of halogens is 1. The van der Waals surface area contributed by atoms with E-state index >= 15 is 0 Å². The highest BCUT2D eigenvalue weighted by atomic mass is 35.5. The van der Waals surface area contributed by atoms with Crippen molar-refractivity contribution in [3.05, 3.63) is 118 Å². The van der Waals surface area contributed by atoms with Crippen molar-refractivity contribution in [1.82, 2.24) is 0 Å². The van der Waals surface area contributed by atoms with E-state index in [-0.39, 0.29) is 11.1 Å². The third kappa shape index (κ3) is 1.80. The highest BCUT2D eigenvalue weighted by Crippen LogP contribution is 2.62. The Kier molecular flexibility index (Phi) is 1.27. The number of fused-ring (bicyclic) bond motifs is 9. The molecule has 0 saturated heterocycles. The van der Waals surface area contributed by atoms with Crippen LogP contribution in [-0.2, 0) is 5.41 Å². The van der Waals surface area contributed by atoms with Gasteiger partial charge in [-0.3, -0.25) is 0 Å². The van der Waals surface area contributed by atoms with Crippen LogP contribution in [0.5, 0.6) is 11.5 Å². The van der Waals surface area contributed by atoms with E-state index in [2.05, 4.69) is 0 Å². The van der Waals surface area contributed by atoms with Gasteiger partial charge in [0, 0.05) is 16.1 Å². The molecule has 6 rings (SSSR count). The number of para-hydroxylation sites is 1. The van der Waals surface area contributed by atoms with E-state index < -0.39 is 135 Å². The molecule has 27 heavy (non-hydrogen) atoms. The second-order valence-corrected chi connectivity index (χ2v) is 6.33. The highest BCUT2D eigenvalue weighted by Gasteiger charge is 2.50. The predicted molar refractivity (Wildman–Crippen MR) is 109 cm³/mol. The monoisotopic (exact) mass is 381 g/mol. The van der Waals surface area contributed by atoms with Gasteiger partial charge in [-0.05, 0) is 46.4 Å². The molecule has 1 nitrogen and oxygen atoms in total. The molecule has 0 saturated carbocycles. The van der Waals surface area contributed by atoms with Crippen molar-refractivity contribution in [3.8, 4) is 22.6 Å². The van der Waals surface area contributed by atoms with Crippen molar-refractivity contribution in [3.63, 3.8) is 0 Å². The predicted octanol–water partition coefficient (Wildman–Crippen LogP) is 6.81. The number of rotatable bonds is 0. The molecule has 2 aliphatic rings. The van der Waals surface area contributed by atoms with Crippen LogP contribution in [0.3, 0.4) is 0 Å². The van der Waals surface area contributed by atoms with Gasteiger partial charge in [-0.15, -0.1) is 0 Å². The van der Waals surface area contributed by atoms with Gasteiger partial charge in [0.25, 0.3) is 0 Å². The zero-order valence-electron chi connectivity index (χ0n) is 28.3. The Hall–Kier alpha value is -3.03. The fourth-order valence-corrected chi connectivity index (χ4v) is 3.91. The van der Waals surface area contributed by atoms with Gasteiger partial charge in [0.15, 0.2) is 0 Å². The summed E-state index contributed by atoms with van der Waals surface area (Å²) < 4.78 is 135. The van der Waals surface area contributed by atoms with Gasteiger partial charge >= 0.3 is 0 Å². The molecular weight excluding hydrogens is 352 g/mol. The molecule has 0 fully saturated rings. The van der Waals surface area contributed by atoms with Crippen molar-refractivity contribution >= 4 is 11.6 Å². The summed E-state index contributed by atoms with van der Waals surface area (Å²) in [6.07, 6.45) is 0. The summed E-state index contributed by atoms with van der Waals surface area (Å²) in [6.45, 7) is 0. The van der Waals surface area contributed by atoms with E-state index in [0.717, 1.165) is 0 Å². The van der Waals surface area contributed by atoms with Gasteiger partial charge in [0.05, 0.1) is 26.0 Å². The van der Waals surface area contributed by atoms with Gasteiger partial charge in [-0.1, -0.05) is 78.1 Å². The third-order valence-corrected chi connectivity index (χ3v) is 4.92. The largest absolute Gasteiger partial charge is 0.457 e. The second kappa shape index (κ2) is 5.25. The maximum atomic E-state index is 9.00. The third-order valence-electron chi connectivity index (χ3n) is 4.73. The molecule has 0 radical (unpaired) electrons. The molecule has 128 valence electrons. The van der Waals surface area contributed by atoms with Crippen LogP contribution in [0.1, 0.15) is 42.8 Å². The minimum absolute atomic E-state index is 0.369. The molecule has 0 bridgehead atoms. The molecule has 1 spiro atoms. The minimum Gasteiger partial charge on any atom is -0.457 e. The lowest BCUT2D eigenvalue weighted by molar-refractivity contribution is 0.436. The van der Waals surface area contributed by atoms with Gasteiger partial charge in [0.1, 0.15) is 11.5 Å². The van der Waals surface area contributed by atoms with E-state index in [4.69, 9.17) is 36.9 Å². The first-order chi connectivity index (χ1) is 19.5. The Morgan fingerprint density at radius 1 is 0.630 bits per heavy atom. The van der Waals surface area contributed by atoms with Crippen LogP contribution < -0.4 is 4.74 Å². The summed E-state index contributed by atoms with van der Waals surface area (Å²) in [5.41, 5.74) is -5.00. The smallest absolute Gasteiger partial charge is 0.132 e. The Balaban J connectivity index is 2.09. The lowest BCUT2D eigenvalue weighted by Crippen LogP contribution is -2.32. The summed E-state index contributed by atoms with van der Waals surface area (Å²) >= 11 is 6.34. The SMILES string of the molecule is [2H]c1c([2H])c([2H])c2c(c1[2H])Oc1c([2H])c([2H])c(Cl)c([2H])c1C21c2c([2H])c([2H])c([2H])c([2H])c2-c2c([2H])c([2H])c([2H])c([2H])c21. The summed E-state index contributed by atoms with van der Waals surface area (Å²) in [7, 11) is 0. The summed E-state index contributed by atoms with van der Waals surface area (Å²) in [6, 6.07) is -11.0. The molecule has 2 heteroatoms. The molecule has 0 unspecified atom stereocenters. The second-order valence-electron chi connectivity index (χ2n) is 5.95. The highest BCUT2D eigenvalue weighted by molar-refractivity contribution is 6.30. The van der Waals surface area contributed by atoms with E-state index in [0.29, 0.717) is 0 Å². The molecule has 1 aliphatic heterocycles. The van der Waals surface area contributed by atoms with Crippen LogP contribution >= 0.6 is 11.6 Å². The van der Waals surface area contributed by atoms with Gasteiger partial charge < -0.3 is 4.74 Å². The fourth-order valence-electron chi connectivity index (χ4n) is 3.77. The first kappa shape index (κ1) is 6.54. The van der Waals surface area contributed by atoms with Gasteiger partial charge in [-0.2, -0.15) is 0 Å². The first-order valence-corrected chi connectivity index (χ1v) is 8.23. The number of hydrogen-bond acceptors (Lipinski definition) is 1. The van der Waals surface area contributed by atoms with Crippen molar-refractivity contribution in [1.29, 1.82) is 0 Å². The number of ether oxygens (including phenoxy) is 1. The van der Waals surface area contributed by atoms with Crippen LogP contribution in [-0.4, -0.2) is 0 Å². The summed E-state index contributed by atoms with van der Waals surface area (Å²) in [5.74, 6) is -1.17. The van der Waals surface area contributed by atoms with Crippen LogP contribution in [0, 0.1) is 0 Å². The molecule has 0 aromatic heterocycles. The van der Waals surface area contributed by atoms with E-state index in [9.17, 15) is 0 Å². The van der Waals surface area contributed by atoms with E-state index in [1.807, 2.05) is 0 Å². The number of hydrogen-bond donors (Lipinski definition) is 0. The summed E-state index contributed by atoms with van der Waals surface area (Å²) in [5, 5.41) is -0.581. The van der Waals surface area contributed by atoms with E-state index in [1.54, 1.807) is 0 Å². The lowest BCUT2D eigenvalue weighted by atomic mass is 9.66. The Labute approximate surface area is 183 Å². The maximum absolute atomic E-state index is 9.00. The normalized spacial score (nSPS) is 22.5. The first-order valence-electron chi connectivity index (χ1n) is 15.3. The quantitative estimate of drug-likeness (QED) is 0.281. The Morgan fingerprint density at radius 3 is 1.89 bits per heavy atom. The van der Waals surface area contributed by atoms with Crippen molar-refractivity contribution in [2.24, 2.45) is 0 Å². The zero-order chi connectivity index (χ0) is 31.1. The molecule has 0 atom stereocenters. The zero-order valence-corrected chi connectivity index (χ0v) is 14.0. The minimum atomic E-state index is -2.47. The topological polar surface area (TPSA) is 9.23 Å². The average Bonchev–Trinajstić information content (AvgIpc) is 3.27. The fraction of sp³-hybridized carbons (Fsp3) is 0.0400. The van der Waals surface area contributed by atoms with Crippen LogP contribution in [0.2, 0.25) is 5.02 Å².